The molecule has 1 N–H and O–H groups in total. The summed E-state index contributed by atoms with van der Waals surface area (Å²) in [6.45, 7) is 5.21. The van der Waals surface area contributed by atoms with Crippen molar-refractivity contribution in [3.05, 3.63) is 124 Å². The lowest BCUT2D eigenvalue weighted by Gasteiger charge is -2.34. The summed E-state index contributed by atoms with van der Waals surface area (Å²) in [5, 5.41) is 3.69. The number of rotatable bonds is 14. The molecule has 0 radical (unpaired) electrons. The van der Waals surface area contributed by atoms with E-state index in [-0.39, 0.29) is 29.8 Å². The van der Waals surface area contributed by atoms with Gasteiger partial charge in [-0.2, -0.15) is 0 Å². The molecule has 0 spiro atoms. The highest BCUT2D eigenvalue weighted by atomic mass is 35.5. The minimum Gasteiger partial charge on any atom is -0.352 e. The Morgan fingerprint density at radius 2 is 1.53 bits per heavy atom. The number of hydrogen-bond donors (Lipinski definition) is 1. The number of nitrogens with one attached hydrogen (secondary N) is 1. The molecule has 0 aromatic heterocycles. The molecule has 2 atom stereocenters. The average molecular weight is 713 g/mol. The van der Waals surface area contributed by atoms with Crippen molar-refractivity contribution in [1.29, 1.82) is 0 Å². The molecule has 47 heavy (non-hydrogen) atoms. The van der Waals surface area contributed by atoms with E-state index in [4.69, 9.17) is 23.2 Å². The molecule has 0 fully saturated rings. The van der Waals surface area contributed by atoms with Crippen LogP contribution in [0.15, 0.2) is 107 Å². The van der Waals surface area contributed by atoms with Gasteiger partial charge in [-0.1, -0.05) is 84.2 Å². The van der Waals surface area contributed by atoms with E-state index in [9.17, 15) is 18.0 Å². The quantitative estimate of drug-likeness (QED) is 0.135. The maximum atomic E-state index is 14.6. The number of amides is 2. The fourth-order valence-electron chi connectivity index (χ4n) is 4.94. The van der Waals surface area contributed by atoms with Crippen molar-refractivity contribution in [2.24, 2.45) is 0 Å². The number of hydrogen-bond acceptors (Lipinski definition) is 5. The second-order valence-electron chi connectivity index (χ2n) is 11.3. The zero-order chi connectivity index (χ0) is 34.1. The molecule has 0 saturated heterocycles. The molecule has 2 amide bonds. The minimum absolute atomic E-state index is 0.00858. The number of aryl methyl sites for hydroxylation is 1. The van der Waals surface area contributed by atoms with Crippen LogP contribution in [0.4, 0.5) is 5.69 Å². The summed E-state index contributed by atoms with van der Waals surface area (Å²) in [7, 11) is -4.20. The van der Waals surface area contributed by atoms with E-state index in [0.717, 1.165) is 20.3 Å². The Bertz CT molecular complexity index is 1770. The van der Waals surface area contributed by atoms with E-state index in [1.807, 2.05) is 57.4 Å². The second kappa shape index (κ2) is 16.6. The molecule has 11 heteroatoms. The van der Waals surface area contributed by atoms with E-state index >= 15 is 0 Å². The van der Waals surface area contributed by atoms with Crippen LogP contribution < -0.4 is 9.62 Å². The topological polar surface area (TPSA) is 86.8 Å². The highest BCUT2D eigenvalue weighted by Gasteiger charge is 2.35. The Morgan fingerprint density at radius 3 is 2.13 bits per heavy atom. The Labute approximate surface area is 292 Å². The van der Waals surface area contributed by atoms with E-state index in [0.29, 0.717) is 27.7 Å². The van der Waals surface area contributed by atoms with E-state index in [2.05, 4.69) is 5.32 Å². The summed E-state index contributed by atoms with van der Waals surface area (Å²) >= 11 is 14.1. The van der Waals surface area contributed by atoms with Gasteiger partial charge in [-0.05, 0) is 86.2 Å². The maximum absolute atomic E-state index is 14.6. The smallest absolute Gasteiger partial charge is 0.264 e. The number of benzene rings is 4. The molecule has 7 nitrogen and oxygen atoms in total. The van der Waals surface area contributed by atoms with E-state index < -0.39 is 28.5 Å². The molecular weight excluding hydrogens is 673 g/mol. The van der Waals surface area contributed by atoms with Crippen LogP contribution in [0.25, 0.3) is 0 Å². The van der Waals surface area contributed by atoms with Gasteiger partial charge in [-0.3, -0.25) is 13.9 Å². The summed E-state index contributed by atoms with van der Waals surface area (Å²) in [4.78, 5) is 31.0. The average Bonchev–Trinajstić information content (AvgIpc) is 3.07. The second-order valence-corrected chi connectivity index (χ2v) is 14.9. The van der Waals surface area contributed by atoms with Crippen molar-refractivity contribution in [3.8, 4) is 0 Å². The van der Waals surface area contributed by atoms with Gasteiger partial charge in [-0.25, -0.2) is 8.42 Å². The number of carbonyl (C=O) groups is 2. The van der Waals surface area contributed by atoms with Gasteiger partial charge in [0, 0.05) is 23.9 Å². The van der Waals surface area contributed by atoms with Crippen molar-refractivity contribution in [2.45, 2.75) is 62.0 Å². The van der Waals surface area contributed by atoms with Crippen molar-refractivity contribution in [1.82, 2.24) is 10.2 Å². The van der Waals surface area contributed by atoms with Crippen LogP contribution in [0.2, 0.25) is 10.0 Å². The molecule has 248 valence electrons. The molecule has 0 aliphatic carbocycles. The predicted octanol–water partition coefficient (Wildman–Crippen LogP) is 7.77. The van der Waals surface area contributed by atoms with E-state index in [1.54, 1.807) is 54.6 Å². The van der Waals surface area contributed by atoms with Gasteiger partial charge < -0.3 is 10.2 Å². The van der Waals surface area contributed by atoms with Crippen LogP contribution in [0.1, 0.15) is 37.0 Å². The Kier molecular flexibility index (Phi) is 12.8. The fraction of sp³-hybridized carbons (Fsp3) is 0.278. The van der Waals surface area contributed by atoms with Crippen molar-refractivity contribution < 1.29 is 18.0 Å². The first kappa shape index (κ1) is 36.3. The summed E-state index contributed by atoms with van der Waals surface area (Å²) < 4.78 is 29.6. The first-order valence-corrected chi connectivity index (χ1v) is 18.7. The fourth-order valence-corrected chi connectivity index (χ4v) is 7.09. The normalized spacial score (nSPS) is 12.6. The molecule has 4 aromatic carbocycles. The molecule has 0 aliphatic heterocycles. The zero-order valence-electron chi connectivity index (χ0n) is 26.8. The Hall–Kier alpha value is -3.50. The van der Waals surface area contributed by atoms with Crippen LogP contribution in [0, 0.1) is 6.92 Å². The number of nitrogens with zero attached hydrogens (tertiary/aromatic N) is 2. The minimum atomic E-state index is -4.20. The third-order valence-electron chi connectivity index (χ3n) is 7.86. The maximum Gasteiger partial charge on any atom is 0.264 e. The molecule has 0 saturated carbocycles. The zero-order valence-corrected chi connectivity index (χ0v) is 30.0. The molecule has 0 bridgehead atoms. The monoisotopic (exact) mass is 711 g/mol. The van der Waals surface area contributed by atoms with Crippen LogP contribution in [-0.2, 0) is 32.6 Å². The predicted molar refractivity (Wildman–Crippen MR) is 193 cm³/mol. The Morgan fingerprint density at radius 1 is 0.872 bits per heavy atom. The van der Waals surface area contributed by atoms with Gasteiger partial charge in [-0.15, -0.1) is 11.8 Å². The molecule has 4 aromatic rings. The third kappa shape index (κ3) is 9.54. The standard InChI is InChI=1S/C36H39Cl2N3O4S2/c1-5-26(3)39-36(43)34(22-27-9-7-6-8-10-27)40(23-28-13-20-32(37)33(38)21-28)35(42)24-41(29-14-11-25(2)12-15-29)47(44,45)31-18-16-30(46-4)17-19-31/h6-21,26,34H,5,22-24H2,1-4H3,(H,39,43)/t26-,34-/m1/s1. The van der Waals surface area contributed by atoms with Gasteiger partial charge in [0.2, 0.25) is 11.8 Å². The van der Waals surface area contributed by atoms with Gasteiger partial charge in [0.1, 0.15) is 12.6 Å². The number of thioether (sulfide) groups is 1. The van der Waals surface area contributed by atoms with Gasteiger partial charge in [0.15, 0.2) is 0 Å². The summed E-state index contributed by atoms with van der Waals surface area (Å²) in [5.74, 6) is -0.893. The van der Waals surface area contributed by atoms with Gasteiger partial charge >= 0.3 is 0 Å². The number of halogens is 2. The van der Waals surface area contributed by atoms with Crippen molar-refractivity contribution in [2.75, 3.05) is 17.1 Å². The van der Waals surface area contributed by atoms with Gasteiger partial charge in [0.25, 0.3) is 10.0 Å². The van der Waals surface area contributed by atoms with Crippen LogP contribution in [0.3, 0.4) is 0 Å². The highest BCUT2D eigenvalue weighted by molar-refractivity contribution is 7.98. The number of anilines is 1. The lowest BCUT2D eigenvalue weighted by atomic mass is 10.0. The lowest BCUT2D eigenvalue weighted by molar-refractivity contribution is -0.140. The number of carbonyl (C=O) groups excluding carboxylic acids is 2. The van der Waals surface area contributed by atoms with E-state index in [1.165, 1.54) is 28.8 Å². The molecule has 0 aliphatic rings. The summed E-state index contributed by atoms with van der Waals surface area (Å²) in [5.41, 5.74) is 2.75. The molecule has 0 unspecified atom stereocenters. The first-order valence-electron chi connectivity index (χ1n) is 15.2. The SMILES string of the molecule is CC[C@@H](C)NC(=O)[C@@H](Cc1ccccc1)N(Cc1ccc(Cl)c(Cl)c1)C(=O)CN(c1ccc(C)cc1)S(=O)(=O)c1ccc(SC)cc1. The van der Waals surface area contributed by atoms with Crippen molar-refractivity contribution in [3.63, 3.8) is 0 Å². The molecule has 0 heterocycles. The largest absolute Gasteiger partial charge is 0.352 e. The lowest BCUT2D eigenvalue weighted by Crippen LogP contribution is -2.54. The summed E-state index contributed by atoms with van der Waals surface area (Å²) in [6, 6.07) is 26.8. The van der Waals surface area contributed by atoms with Crippen LogP contribution in [0.5, 0.6) is 0 Å². The molecular formula is C36H39Cl2N3O4S2. The number of sulfonamides is 1. The highest BCUT2D eigenvalue weighted by Crippen LogP contribution is 2.28. The molecule has 4 rings (SSSR count). The van der Waals surface area contributed by atoms with Crippen LogP contribution >= 0.6 is 35.0 Å². The van der Waals surface area contributed by atoms with Crippen molar-refractivity contribution >= 4 is 62.5 Å². The van der Waals surface area contributed by atoms with Crippen LogP contribution in [-0.4, -0.2) is 50.0 Å². The van der Waals surface area contributed by atoms with Gasteiger partial charge in [0.05, 0.1) is 20.6 Å². The summed E-state index contributed by atoms with van der Waals surface area (Å²) in [6.07, 6.45) is 2.81. The third-order valence-corrected chi connectivity index (χ3v) is 11.1. The first-order chi connectivity index (χ1) is 22.4. The Balaban J connectivity index is 1.82.